The minimum absolute atomic E-state index is 0.0621. The van der Waals surface area contributed by atoms with Crippen LogP contribution in [0.3, 0.4) is 0 Å². The fraction of sp³-hybridized carbons (Fsp3) is 0.385. The van der Waals surface area contributed by atoms with Gasteiger partial charge in [-0.3, -0.25) is 4.79 Å². The maximum Gasteiger partial charge on any atom is 0.240 e. The summed E-state index contributed by atoms with van der Waals surface area (Å²) < 4.78 is 0. The largest absolute Gasteiger partial charge is 0.386 e. The molecule has 6 heteroatoms. The Morgan fingerprint density at radius 2 is 2.00 bits per heavy atom. The summed E-state index contributed by atoms with van der Waals surface area (Å²) in [5, 5.41) is 22.0. The van der Waals surface area contributed by atoms with Crippen molar-refractivity contribution in [3.05, 3.63) is 33.8 Å². The third-order valence-corrected chi connectivity index (χ3v) is 3.30. The first-order chi connectivity index (χ1) is 8.79. The minimum atomic E-state index is -1.15. The average molecular weight is 301 g/mol. The standard InChI is InChI=1S/C13H14Cl2N2O2/c1-13(2,7-16)12(19)17-6-10(18)11-8(14)4-3-5-9(11)15/h3-5,10,18H,6H2,1-2H3,(H,17,19)/t10-/m1/s1. The fourth-order valence-corrected chi connectivity index (χ4v) is 2.04. The van der Waals surface area contributed by atoms with Gasteiger partial charge in [0.1, 0.15) is 5.41 Å². The molecule has 19 heavy (non-hydrogen) atoms. The molecule has 1 rings (SSSR count). The Kier molecular flexibility index (Phi) is 5.19. The fourth-order valence-electron chi connectivity index (χ4n) is 1.39. The van der Waals surface area contributed by atoms with Crippen molar-refractivity contribution in [3.8, 4) is 6.07 Å². The van der Waals surface area contributed by atoms with Gasteiger partial charge in [-0.15, -0.1) is 0 Å². The molecule has 0 aliphatic heterocycles. The summed E-state index contributed by atoms with van der Waals surface area (Å²) in [6.07, 6.45) is -1.03. The van der Waals surface area contributed by atoms with E-state index in [-0.39, 0.29) is 6.54 Å². The van der Waals surface area contributed by atoms with E-state index in [9.17, 15) is 9.90 Å². The molecule has 1 amide bonds. The highest BCUT2D eigenvalue weighted by Crippen LogP contribution is 2.30. The Morgan fingerprint density at radius 1 is 1.47 bits per heavy atom. The highest BCUT2D eigenvalue weighted by atomic mass is 35.5. The zero-order chi connectivity index (χ0) is 14.6. The van der Waals surface area contributed by atoms with Crippen molar-refractivity contribution < 1.29 is 9.90 Å². The van der Waals surface area contributed by atoms with Gasteiger partial charge >= 0.3 is 0 Å². The molecule has 0 saturated heterocycles. The van der Waals surface area contributed by atoms with E-state index in [1.54, 1.807) is 18.2 Å². The van der Waals surface area contributed by atoms with Gasteiger partial charge < -0.3 is 10.4 Å². The van der Waals surface area contributed by atoms with Crippen LogP contribution in [0, 0.1) is 16.7 Å². The molecule has 0 aliphatic carbocycles. The number of carbonyl (C=O) groups is 1. The zero-order valence-electron chi connectivity index (χ0n) is 10.6. The molecule has 0 radical (unpaired) electrons. The van der Waals surface area contributed by atoms with E-state index in [1.807, 2.05) is 6.07 Å². The van der Waals surface area contributed by atoms with Gasteiger partial charge in [0.2, 0.25) is 5.91 Å². The lowest BCUT2D eigenvalue weighted by atomic mass is 9.94. The summed E-state index contributed by atoms with van der Waals surface area (Å²) in [6.45, 7) is 2.93. The first-order valence-corrected chi connectivity index (χ1v) is 6.36. The van der Waals surface area contributed by atoms with Gasteiger partial charge in [-0.1, -0.05) is 29.3 Å². The summed E-state index contributed by atoms with van der Waals surface area (Å²) in [5.41, 5.74) is -0.787. The van der Waals surface area contributed by atoms with Crippen LogP contribution in [0.25, 0.3) is 0 Å². The molecule has 2 N–H and O–H groups in total. The molecule has 0 aliphatic rings. The number of carbonyl (C=O) groups excluding carboxylic acids is 1. The number of nitrogens with zero attached hydrogens (tertiary/aromatic N) is 1. The van der Waals surface area contributed by atoms with Crippen molar-refractivity contribution in [1.82, 2.24) is 5.32 Å². The smallest absolute Gasteiger partial charge is 0.240 e. The number of benzene rings is 1. The van der Waals surface area contributed by atoms with Gasteiger partial charge in [-0.2, -0.15) is 5.26 Å². The lowest BCUT2D eigenvalue weighted by molar-refractivity contribution is -0.127. The molecule has 0 heterocycles. The quantitative estimate of drug-likeness (QED) is 0.898. The molecule has 1 atom stereocenters. The zero-order valence-corrected chi connectivity index (χ0v) is 12.1. The number of aliphatic hydroxyl groups excluding tert-OH is 1. The van der Waals surface area contributed by atoms with Crippen molar-refractivity contribution in [3.63, 3.8) is 0 Å². The third-order valence-electron chi connectivity index (χ3n) is 2.64. The predicted octanol–water partition coefficient (Wildman–Crippen LogP) is 2.69. The number of hydrogen-bond acceptors (Lipinski definition) is 3. The van der Waals surface area contributed by atoms with Gasteiger partial charge in [-0.05, 0) is 26.0 Å². The molecule has 1 aromatic rings. The van der Waals surface area contributed by atoms with E-state index in [0.717, 1.165) is 0 Å². The highest BCUT2D eigenvalue weighted by molar-refractivity contribution is 6.36. The van der Waals surface area contributed by atoms with Crippen LogP contribution in [-0.2, 0) is 4.79 Å². The van der Waals surface area contributed by atoms with Crippen LogP contribution in [-0.4, -0.2) is 17.6 Å². The second-order valence-electron chi connectivity index (χ2n) is 4.60. The summed E-state index contributed by atoms with van der Waals surface area (Å²) in [6, 6.07) is 6.75. The van der Waals surface area contributed by atoms with Gasteiger partial charge in [0.25, 0.3) is 0 Å². The van der Waals surface area contributed by atoms with Crippen molar-refractivity contribution in [2.45, 2.75) is 20.0 Å². The maximum absolute atomic E-state index is 11.7. The number of hydrogen-bond donors (Lipinski definition) is 2. The lowest BCUT2D eigenvalue weighted by Crippen LogP contribution is -2.38. The molecular formula is C13H14Cl2N2O2. The Balaban J connectivity index is 2.75. The molecule has 4 nitrogen and oxygen atoms in total. The Labute approximate surface area is 121 Å². The molecular weight excluding hydrogens is 287 g/mol. The van der Waals surface area contributed by atoms with E-state index in [1.165, 1.54) is 13.8 Å². The number of amides is 1. The molecule has 0 fully saturated rings. The summed E-state index contributed by atoms with van der Waals surface area (Å²) >= 11 is 11.9. The number of nitriles is 1. The summed E-state index contributed by atoms with van der Waals surface area (Å²) in [7, 11) is 0. The first-order valence-electron chi connectivity index (χ1n) is 5.61. The molecule has 1 aromatic carbocycles. The molecule has 102 valence electrons. The molecule has 0 bridgehead atoms. The monoisotopic (exact) mass is 300 g/mol. The van der Waals surface area contributed by atoms with Crippen LogP contribution in [0.2, 0.25) is 10.0 Å². The van der Waals surface area contributed by atoms with Crippen LogP contribution >= 0.6 is 23.2 Å². The van der Waals surface area contributed by atoms with E-state index in [2.05, 4.69) is 5.32 Å². The van der Waals surface area contributed by atoms with Gasteiger partial charge in [0.05, 0.1) is 12.2 Å². The Hall–Kier alpha value is -1.28. The number of rotatable bonds is 4. The van der Waals surface area contributed by atoms with Crippen LogP contribution in [0.1, 0.15) is 25.5 Å². The number of aliphatic hydroxyl groups is 1. The average Bonchev–Trinajstić information content (AvgIpc) is 2.35. The topological polar surface area (TPSA) is 73.1 Å². The van der Waals surface area contributed by atoms with Gasteiger partial charge in [-0.25, -0.2) is 0 Å². The Morgan fingerprint density at radius 3 is 2.47 bits per heavy atom. The van der Waals surface area contributed by atoms with Crippen LogP contribution in [0.15, 0.2) is 18.2 Å². The molecule has 0 aromatic heterocycles. The minimum Gasteiger partial charge on any atom is -0.386 e. The van der Waals surface area contributed by atoms with Gasteiger partial charge in [0.15, 0.2) is 0 Å². The van der Waals surface area contributed by atoms with E-state index < -0.39 is 17.4 Å². The number of halogens is 2. The van der Waals surface area contributed by atoms with Crippen molar-refractivity contribution in [2.24, 2.45) is 5.41 Å². The third kappa shape index (κ3) is 3.84. The molecule has 0 saturated carbocycles. The predicted molar refractivity (Wildman–Crippen MR) is 73.8 cm³/mol. The van der Waals surface area contributed by atoms with Crippen molar-refractivity contribution in [2.75, 3.05) is 6.54 Å². The molecule has 0 unspecified atom stereocenters. The molecule has 0 spiro atoms. The maximum atomic E-state index is 11.7. The van der Waals surface area contributed by atoms with E-state index in [0.29, 0.717) is 15.6 Å². The second kappa shape index (κ2) is 6.25. The summed E-state index contributed by atoms with van der Waals surface area (Å²) in [5.74, 6) is -0.461. The van der Waals surface area contributed by atoms with Gasteiger partial charge in [0, 0.05) is 22.2 Å². The van der Waals surface area contributed by atoms with Crippen LogP contribution in [0.4, 0.5) is 0 Å². The van der Waals surface area contributed by atoms with Crippen LogP contribution < -0.4 is 5.32 Å². The second-order valence-corrected chi connectivity index (χ2v) is 5.41. The first kappa shape index (κ1) is 15.8. The van der Waals surface area contributed by atoms with E-state index >= 15 is 0 Å². The summed E-state index contributed by atoms with van der Waals surface area (Å²) in [4.78, 5) is 11.7. The van der Waals surface area contributed by atoms with Crippen molar-refractivity contribution in [1.29, 1.82) is 5.26 Å². The Bertz CT molecular complexity index is 504. The van der Waals surface area contributed by atoms with Crippen LogP contribution in [0.5, 0.6) is 0 Å². The number of nitrogens with one attached hydrogen (secondary N) is 1. The lowest BCUT2D eigenvalue weighted by Gasteiger charge is -2.19. The normalized spacial score (nSPS) is 12.6. The van der Waals surface area contributed by atoms with E-state index in [4.69, 9.17) is 28.5 Å². The highest BCUT2D eigenvalue weighted by Gasteiger charge is 2.27. The SMILES string of the molecule is CC(C)(C#N)C(=O)NC[C@@H](O)c1c(Cl)cccc1Cl. The van der Waals surface area contributed by atoms with Crippen molar-refractivity contribution >= 4 is 29.1 Å².